The fraction of sp³-hybridized carbons (Fsp3) is 0.571. The zero-order valence-corrected chi connectivity index (χ0v) is 13.8. The summed E-state index contributed by atoms with van der Waals surface area (Å²) < 4.78 is 0.772. The molecule has 0 amide bonds. The standard InChI is InChI=1S/C14H22BrN3O2/c1-4-17(5-2)10-11(3)16-9-12-6-7-13(18(19)20)8-14(12)15/h6-8,11,16H,4-5,9-10H2,1-3H3. The van der Waals surface area contributed by atoms with Gasteiger partial charge >= 0.3 is 0 Å². The number of hydrogen-bond acceptors (Lipinski definition) is 4. The van der Waals surface area contributed by atoms with Crippen LogP contribution in [0.25, 0.3) is 0 Å². The maximum absolute atomic E-state index is 10.7. The highest BCUT2D eigenvalue weighted by Crippen LogP contribution is 2.22. The van der Waals surface area contributed by atoms with Gasteiger partial charge in [-0.2, -0.15) is 0 Å². The Morgan fingerprint density at radius 2 is 2.05 bits per heavy atom. The third kappa shape index (κ3) is 5.19. The highest BCUT2D eigenvalue weighted by Gasteiger charge is 2.11. The summed E-state index contributed by atoms with van der Waals surface area (Å²) in [6.07, 6.45) is 0. The van der Waals surface area contributed by atoms with Gasteiger partial charge in [0, 0.05) is 35.7 Å². The molecule has 0 saturated carbocycles. The molecule has 0 fully saturated rings. The summed E-state index contributed by atoms with van der Waals surface area (Å²) in [6.45, 7) is 10.2. The molecule has 0 radical (unpaired) electrons. The van der Waals surface area contributed by atoms with Gasteiger partial charge in [-0.15, -0.1) is 0 Å². The Morgan fingerprint density at radius 3 is 2.55 bits per heavy atom. The molecule has 0 heterocycles. The van der Waals surface area contributed by atoms with Crippen molar-refractivity contribution >= 4 is 21.6 Å². The maximum atomic E-state index is 10.7. The van der Waals surface area contributed by atoms with Crippen LogP contribution in [0.15, 0.2) is 22.7 Å². The van der Waals surface area contributed by atoms with Crippen molar-refractivity contribution in [2.24, 2.45) is 0 Å². The van der Waals surface area contributed by atoms with E-state index in [-0.39, 0.29) is 10.6 Å². The van der Waals surface area contributed by atoms with Gasteiger partial charge in [-0.1, -0.05) is 29.8 Å². The van der Waals surface area contributed by atoms with E-state index in [9.17, 15) is 10.1 Å². The van der Waals surface area contributed by atoms with Crippen LogP contribution >= 0.6 is 15.9 Å². The molecule has 0 aliphatic heterocycles. The topological polar surface area (TPSA) is 58.4 Å². The van der Waals surface area contributed by atoms with E-state index in [0.29, 0.717) is 12.6 Å². The number of nitrogens with zero attached hydrogens (tertiary/aromatic N) is 2. The zero-order valence-electron chi connectivity index (χ0n) is 12.2. The minimum Gasteiger partial charge on any atom is -0.309 e. The van der Waals surface area contributed by atoms with Gasteiger partial charge in [0.2, 0.25) is 0 Å². The molecule has 1 aromatic carbocycles. The molecule has 0 aliphatic rings. The van der Waals surface area contributed by atoms with E-state index in [4.69, 9.17) is 0 Å². The van der Waals surface area contributed by atoms with Crippen LogP contribution in [0.4, 0.5) is 5.69 Å². The lowest BCUT2D eigenvalue weighted by Gasteiger charge is -2.23. The van der Waals surface area contributed by atoms with Crippen molar-refractivity contribution in [1.29, 1.82) is 0 Å². The first-order chi connectivity index (χ1) is 9.47. The van der Waals surface area contributed by atoms with Crippen molar-refractivity contribution in [3.05, 3.63) is 38.3 Å². The molecule has 20 heavy (non-hydrogen) atoms. The van der Waals surface area contributed by atoms with Crippen molar-refractivity contribution in [3.63, 3.8) is 0 Å². The van der Waals surface area contributed by atoms with Gasteiger partial charge in [-0.3, -0.25) is 10.1 Å². The predicted octanol–water partition coefficient (Wildman–Crippen LogP) is 3.18. The largest absolute Gasteiger partial charge is 0.309 e. The van der Waals surface area contributed by atoms with Gasteiger partial charge < -0.3 is 10.2 Å². The second-order valence-electron chi connectivity index (χ2n) is 4.80. The molecular weight excluding hydrogens is 322 g/mol. The Kier molecular flexibility index (Phi) is 7.12. The summed E-state index contributed by atoms with van der Waals surface area (Å²) in [5, 5.41) is 14.1. The predicted molar refractivity (Wildman–Crippen MR) is 84.9 cm³/mol. The minimum absolute atomic E-state index is 0.108. The molecule has 112 valence electrons. The van der Waals surface area contributed by atoms with Crippen LogP contribution in [0.5, 0.6) is 0 Å². The Balaban J connectivity index is 2.55. The lowest BCUT2D eigenvalue weighted by molar-refractivity contribution is -0.384. The summed E-state index contributed by atoms with van der Waals surface area (Å²) in [7, 11) is 0. The first-order valence-corrected chi connectivity index (χ1v) is 7.65. The third-order valence-electron chi connectivity index (χ3n) is 3.31. The molecule has 5 nitrogen and oxygen atoms in total. The average molecular weight is 344 g/mol. The number of benzene rings is 1. The van der Waals surface area contributed by atoms with Crippen LogP contribution in [0.1, 0.15) is 26.3 Å². The third-order valence-corrected chi connectivity index (χ3v) is 4.05. The van der Waals surface area contributed by atoms with Crippen molar-refractivity contribution in [2.45, 2.75) is 33.4 Å². The fourth-order valence-corrected chi connectivity index (χ4v) is 2.52. The first kappa shape index (κ1) is 17.1. The monoisotopic (exact) mass is 343 g/mol. The molecule has 6 heteroatoms. The van der Waals surface area contributed by atoms with Crippen molar-refractivity contribution in [3.8, 4) is 0 Å². The zero-order chi connectivity index (χ0) is 15.1. The maximum Gasteiger partial charge on any atom is 0.270 e. The first-order valence-electron chi connectivity index (χ1n) is 6.86. The van der Waals surface area contributed by atoms with Gasteiger partial charge in [-0.05, 0) is 31.6 Å². The summed E-state index contributed by atoms with van der Waals surface area (Å²) in [5.74, 6) is 0. The Hall–Kier alpha value is -0.980. The Labute approximate surface area is 128 Å². The Bertz CT molecular complexity index is 450. The van der Waals surface area contributed by atoms with Crippen molar-refractivity contribution in [2.75, 3.05) is 19.6 Å². The van der Waals surface area contributed by atoms with Crippen LogP contribution in [-0.4, -0.2) is 35.5 Å². The minimum atomic E-state index is -0.384. The summed E-state index contributed by atoms with van der Waals surface area (Å²) in [5.41, 5.74) is 1.14. The number of nitrogens with one attached hydrogen (secondary N) is 1. The molecule has 1 unspecified atom stereocenters. The molecule has 1 aromatic rings. The molecule has 1 atom stereocenters. The van der Waals surface area contributed by atoms with E-state index < -0.39 is 0 Å². The molecule has 0 spiro atoms. The quantitative estimate of drug-likeness (QED) is 0.581. The molecule has 0 saturated heterocycles. The van der Waals surface area contributed by atoms with E-state index in [1.165, 1.54) is 6.07 Å². The van der Waals surface area contributed by atoms with Gasteiger partial charge in [0.15, 0.2) is 0 Å². The highest BCUT2D eigenvalue weighted by molar-refractivity contribution is 9.10. The fourth-order valence-electron chi connectivity index (χ4n) is 2.01. The van der Waals surface area contributed by atoms with E-state index in [0.717, 1.165) is 29.7 Å². The molecule has 0 bridgehead atoms. The number of halogens is 1. The summed E-state index contributed by atoms with van der Waals surface area (Å²) >= 11 is 3.39. The highest BCUT2D eigenvalue weighted by atomic mass is 79.9. The molecule has 0 aromatic heterocycles. The number of non-ortho nitro benzene ring substituents is 1. The number of likely N-dealkylation sites (N-methyl/N-ethyl adjacent to an activating group) is 1. The summed E-state index contributed by atoms with van der Waals surface area (Å²) in [4.78, 5) is 12.7. The molecular formula is C14H22BrN3O2. The van der Waals surface area contributed by atoms with Crippen molar-refractivity contribution < 1.29 is 4.92 Å². The van der Waals surface area contributed by atoms with Crippen LogP contribution in [-0.2, 0) is 6.54 Å². The number of nitro benzene ring substituents is 1. The van der Waals surface area contributed by atoms with Crippen LogP contribution < -0.4 is 5.32 Å². The number of nitro groups is 1. The molecule has 0 aliphatic carbocycles. The van der Waals surface area contributed by atoms with Crippen LogP contribution in [0.3, 0.4) is 0 Å². The van der Waals surface area contributed by atoms with Crippen LogP contribution in [0, 0.1) is 10.1 Å². The van der Waals surface area contributed by atoms with E-state index in [1.807, 2.05) is 0 Å². The average Bonchev–Trinajstić information content (AvgIpc) is 2.43. The number of hydrogen-bond donors (Lipinski definition) is 1. The second-order valence-corrected chi connectivity index (χ2v) is 5.65. The van der Waals surface area contributed by atoms with E-state index >= 15 is 0 Å². The Morgan fingerprint density at radius 1 is 1.40 bits per heavy atom. The second kappa shape index (κ2) is 8.34. The normalized spacial score (nSPS) is 12.7. The van der Waals surface area contributed by atoms with Crippen LogP contribution in [0.2, 0.25) is 0 Å². The smallest absolute Gasteiger partial charge is 0.270 e. The van der Waals surface area contributed by atoms with Gasteiger partial charge in [-0.25, -0.2) is 0 Å². The molecule has 1 N–H and O–H groups in total. The van der Waals surface area contributed by atoms with Gasteiger partial charge in [0.25, 0.3) is 5.69 Å². The summed E-state index contributed by atoms with van der Waals surface area (Å²) in [6, 6.07) is 5.25. The van der Waals surface area contributed by atoms with E-state index in [1.54, 1.807) is 12.1 Å². The van der Waals surface area contributed by atoms with E-state index in [2.05, 4.69) is 46.9 Å². The lowest BCUT2D eigenvalue weighted by atomic mass is 10.2. The SMILES string of the molecule is CCN(CC)CC(C)NCc1ccc([N+](=O)[O-])cc1Br. The van der Waals surface area contributed by atoms with Gasteiger partial charge in [0.1, 0.15) is 0 Å². The number of rotatable bonds is 8. The van der Waals surface area contributed by atoms with Gasteiger partial charge in [0.05, 0.1) is 4.92 Å². The lowest BCUT2D eigenvalue weighted by Crippen LogP contribution is -2.38. The van der Waals surface area contributed by atoms with Crippen molar-refractivity contribution in [1.82, 2.24) is 10.2 Å². The molecule has 1 rings (SSSR count).